The predicted molar refractivity (Wildman–Crippen MR) is 98.5 cm³/mol. The van der Waals surface area contributed by atoms with Crippen molar-refractivity contribution in [3.05, 3.63) is 71.8 Å². The first-order chi connectivity index (χ1) is 11.6. The molecule has 24 heavy (non-hydrogen) atoms. The Morgan fingerprint density at radius 3 is 1.92 bits per heavy atom. The van der Waals surface area contributed by atoms with Gasteiger partial charge in [-0.1, -0.05) is 80.9 Å². The average molecular weight is 324 g/mol. The summed E-state index contributed by atoms with van der Waals surface area (Å²) in [5.74, 6) is 0.469. The van der Waals surface area contributed by atoms with Crippen LogP contribution in [0.5, 0.6) is 0 Å². The van der Waals surface area contributed by atoms with E-state index in [4.69, 9.17) is 0 Å². The second-order valence-corrected chi connectivity index (χ2v) is 7.48. The van der Waals surface area contributed by atoms with Crippen molar-refractivity contribution < 1.29 is 10.4 Å². The number of aliphatic hydroxyl groups is 1. The fourth-order valence-corrected chi connectivity index (χ4v) is 4.47. The zero-order valence-electron chi connectivity index (χ0n) is 15.0. The molecule has 0 saturated carbocycles. The van der Waals surface area contributed by atoms with Gasteiger partial charge in [0.2, 0.25) is 0 Å². The number of rotatable bonds is 4. The molecule has 3 N–H and O–H groups in total. The molecule has 0 radical (unpaired) electrons. The van der Waals surface area contributed by atoms with E-state index in [0.29, 0.717) is 6.04 Å². The molecule has 1 heterocycles. The molecule has 2 heteroatoms. The van der Waals surface area contributed by atoms with Gasteiger partial charge in [0.05, 0.1) is 5.60 Å². The summed E-state index contributed by atoms with van der Waals surface area (Å²) in [7, 11) is 0. The van der Waals surface area contributed by atoms with Crippen LogP contribution >= 0.6 is 0 Å². The predicted octanol–water partition coefficient (Wildman–Crippen LogP) is 3.85. The molecular formula is C22H30NO+. The summed E-state index contributed by atoms with van der Waals surface area (Å²) in [5, 5.41) is 14.0. The Morgan fingerprint density at radius 1 is 0.917 bits per heavy atom. The Kier molecular flexibility index (Phi) is 5.07. The van der Waals surface area contributed by atoms with Gasteiger partial charge in [-0.3, -0.25) is 0 Å². The fraction of sp³-hybridized carbons (Fsp3) is 0.455. The summed E-state index contributed by atoms with van der Waals surface area (Å²) in [6.07, 6.45) is 2.15. The van der Waals surface area contributed by atoms with E-state index in [9.17, 15) is 5.11 Å². The number of nitrogens with two attached hydrogens (primary N) is 1. The third kappa shape index (κ3) is 3.13. The fourth-order valence-electron chi connectivity index (χ4n) is 4.47. The molecular weight excluding hydrogens is 294 g/mol. The Bertz CT molecular complexity index is 638. The van der Waals surface area contributed by atoms with Gasteiger partial charge in [-0.15, -0.1) is 0 Å². The van der Waals surface area contributed by atoms with E-state index in [2.05, 4.69) is 86.8 Å². The average Bonchev–Trinajstić information content (AvgIpc) is 2.61. The molecule has 1 aliphatic heterocycles. The van der Waals surface area contributed by atoms with E-state index in [1.54, 1.807) is 0 Å². The highest BCUT2D eigenvalue weighted by molar-refractivity contribution is 5.23. The van der Waals surface area contributed by atoms with E-state index < -0.39 is 5.60 Å². The van der Waals surface area contributed by atoms with Crippen molar-refractivity contribution in [3.63, 3.8) is 0 Å². The minimum Gasteiger partial charge on any atom is -0.389 e. The van der Waals surface area contributed by atoms with Crippen molar-refractivity contribution in [1.29, 1.82) is 0 Å². The zero-order chi connectivity index (χ0) is 17.2. The summed E-state index contributed by atoms with van der Waals surface area (Å²) in [4.78, 5) is 0. The lowest BCUT2D eigenvalue weighted by molar-refractivity contribution is -0.764. The number of piperidine rings is 1. The maximum Gasteiger partial charge on any atom is 0.118 e. The molecule has 0 spiro atoms. The van der Waals surface area contributed by atoms with Crippen LogP contribution in [-0.4, -0.2) is 10.7 Å². The molecule has 1 fully saturated rings. The van der Waals surface area contributed by atoms with Gasteiger partial charge in [-0.25, -0.2) is 0 Å². The van der Waals surface area contributed by atoms with Crippen LogP contribution in [0.3, 0.4) is 0 Å². The first-order valence-electron chi connectivity index (χ1n) is 9.23. The standard InChI is InChI=1S/C22H29NO/c1-4-11-19-21(18-14-9-6-10-15-18)23-20(16(2)22(19,3)24)17-12-7-5-8-13-17/h5-10,12-16,19-21,23-24H,4,11H2,1-3H3/p+1/t16-,19-,20-,21+,22+/m0/s1. The summed E-state index contributed by atoms with van der Waals surface area (Å²) < 4.78 is 0. The normalized spacial score (nSPS) is 33.3. The third-order valence-corrected chi connectivity index (χ3v) is 6.03. The van der Waals surface area contributed by atoms with Crippen molar-refractivity contribution >= 4 is 0 Å². The second-order valence-electron chi connectivity index (χ2n) is 7.48. The maximum atomic E-state index is 11.5. The molecule has 1 aliphatic rings. The van der Waals surface area contributed by atoms with E-state index in [1.807, 2.05) is 0 Å². The van der Waals surface area contributed by atoms with Crippen LogP contribution in [0, 0.1) is 11.8 Å². The SMILES string of the molecule is CCC[C@H]1[C@@H](c2ccccc2)[NH2+][C@H](c2ccccc2)[C@H](C)[C@@]1(C)O. The highest BCUT2D eigenvalue weighted by atomic mass is 16.3. The molecule has 0 aromatic heterocycles. The molecule has 3 rings (SSSR count). The van der Waals surface area contributed by atoms with Gasteiger partial charge in [-0.05, 0) is 13.3 Å². The second kappa shape index (κ2) is 7.08. The van der Waals surface area contributed by atoms with E-state index in [-0.39, 0.29) is 17.9 Å². The largest absolute Gasteiger partial charge is 0.389 e. The topological polar surface area (TPSA) is 36.8 Å². The van der Waals surface area contributed by atoms with Crippen LogP contribution in [0.4, 0.5) is 0 Å². The highest BCUT2D eigenvalue weighted by Crippen LogP contribution is 2.44. The molecule has 1 saturated heterocycles. The van der Waals surface area contributed by atoms with Gasteiger partial charge in [0.15, 0.2) is 0 Å². The molecule has 128 valence electrons. The Labute approximate surface area is 145 Å². The maximum absolute atomic E-state index is 11.5. The monoisotopic (exact) mass is 324 g/mol. The van der Waals surface area contributed by atoms with Crippen molar-refractivity contribution in [2.24, 2.45) is 11.8 Å². The first-order valence-corrected chi connectivity index (χ1v) is 9.23. The smallest absolute Gasteiger partial charge is 0.118 e. The van der Waals surface area contributed by atoms with Crippen LogP contribution < -0.4 is 5.32 Å². The summed E-state index contributed by atoms with van der Waals surface area (Å²) in [5.41, 5.74) is 1.95. The molecule has 0 bridgehead atoms. The molecule has 2 nitrogen and oxygen atoms in total. The Hall–Kier alpha value is -1.64. The summed E-state index contributed by atoms with van der Waals surface area (Å²) in [6.45, 7) is 6.47. The van der Waals surface area contributed by atoms with Crippen LogP contribution in [0.2, 0.25) is 0 Å². The van der Waals surface area contributed by atoms with Crippen LogP contribution in [0.25, 0.3) is 0 Å². The number of benzene rings is 2. The van der Waals surface area contributed by atoms with Crippen molar-refractivity contribution in [2.75, 3.05) is 0 Å². The van der Waals surface area contributed by atoms with E-state index in [1.165, 1.54) is 11.1 Å². The first kappa shape index (κ1) is 17.2. The van der Waals surface area contributed by atoms with Gasteiger partial charge in [0, 0.05) is 23.0 Å². The van der Waals surface area contributed by atoms with Crippen LogP contribution in [0.1, 0.15) is 56.8 Å². The van der Waals surface area contributed by atoms with Crippen molar-refractivity contribution in [3.8, 4) is 0 Å². The lowest BCUT2D eigenvalue weighted by Crippen LogP contribution is -2.93. The summed E-state index contributed by atoms with van der Waals surface area (Å²) in [6, 6.07) is 21.9. The van der Waals surface area contributed by atoms with Crippen LogP contribution in [-0.2, 0) is 0 Å². The quantitative estimate of drug-likeness (QED) is 0.880. The third-order valence-electron chi connectivity index (χ3n) is 6.03. The Balaban J connectivity index is 2.01. The van der Waals surface area contributed by atoms with Crippen LogP contribution in [0.15, 0.2) is 60.7 Å². The number of hydrogen-bond acceptors (Lipinski definition) is 1. The Morgan fingerprint density at radius 2 is 1.42 bits per heavy atom. The molecule has 5 atom stereocenters. The van der Waals surface area contributed by atoms with Gasteiger partial charge in [0.1, 0.15) is 12.1 Å². The van der Waals surface area contributed by atoms with Gasteiger partial charge < -0.3 is 10.4 Å². The lowest BCUT2D eigenvalue weighted by atomic mass is 9.65. The van der Waals surface area contributed by atoms with Crippen molar-refractivity contribution in [2.45, 2.75) is 51.3 Å². The molecule has 2 aromatic rings. The van der Waals surface area contributed by atoms with E-state index >= 15 is 0 Å². The van der Waals surface area contributed by atoms with Gasteiger partial charge in [0.25, 0.3) is 0 Å². The van der Waals surface area contributed by atoms with Crippen molar-refractivity contribution in [1.82, 2.24) is 0 Å². The lowest BCUT2D eigenvalue weighted by Gasteiger charge is -2.49. The van der Waals surface area contributed by atoms with Gasteiger partial charge >= 0.3 is 0 Å². The zero-order valence-corrected chi connectivity index (χ0v) is 15.0. The minimum absolute atomic E-state index is 0.205. The minimum atomic E-state index is -0.675. The molecule has 0 aliphatic carbocycles. The molecule has 2 aromatic carbocycles. The number of hydrogen-bond donors (Lipinski definition) is 2. The highest BCUT2D eigenvalue weighted by Gasteiger charge is 2.52. The molecule has 0 unspecified atom stereocenters. The number of quaternary nitrogens is 1. The van der Waals surface area contributed by atoms with E-state index in [0.717, 1.165) is 12.8 Å². The molecule has 0 amide bonds. The van der Waals surface area contributed by atoms with Gasteiger partial charge in [-0.2, -0.15) is 0 Å². The summed E-state index contributed by atoms with van der Waals surface area (Å²) >= 11 is 0.